The number of hydrogen-bond donors (Lipinski definition) is 1. The number of hydrogen-bond acceptors (Lipinski definition) is 2. The Morgan fingerprint density at radius 1 is 1.00 bits per heavy atom. The first-order valence-corrected chi connectivity index (χ1v) is 5.79. The van der Waals surface area contributed by atoms with Crippen LogP contribution in [-0.2, 0) is 0 Å². The van der Waals surface area contributed by atoms with Gasteiger partial charge in [0.2, 0.25) is 0 Å². The zero-order valence-electron chi connectivity index (χ0n) is 10.0. The van der Waals surface area contributed by atoms with Gasteiger partial charge in [-0.3, -0.25) is 0 Å². The van der Waals surface area contributed by atoms with Gasteiger partial charge in [-0.05, 0) is 30.2 Å². The molecule has 0 aliphatic rings. The van der Waals surface area contributed by atoms with Crippen LogP contribution in [0.5, 0.6) is 5.75 Å². The van der Waals surface area contributed by atoms with Crippen LogP contribution in [0.2, 0.25) is 0 Å². The molecule has 2 aromatic carbocycles. The Morgan fingerprint density at radius 3 is 2.41 bits per heavy atom. The molecule has 0 fully saturated rings. The number of aryl methyl sites for hydroxylation is 1. The van der Waals surface area contributed by atoms with Gasteiger partial charge in [-0.15, -0.1) is 0 Å². The molecule has 0 bridgehead atoms. The summed E-state index contributed by atoms with van der Waals surface area (Å²) in [4.78, 5) is 0. The lowest BCUT2D eigenvalue weighted by Crippen LogP contribution is -2.10. The molecule has 2 N–H and O–H groups in total. The summed E-state index contributed by atoms with van der Waals surface area (Å²) in [6, 6.07) is 16.6. The highest BCUT2D eigenvalue weighted by Gasteiger charge is 1.98. The minimum absolute atomic E-state index is 0.541. The standard InChI is InChI=1S/C15H17NO/c1-12-3-2-4-14(11-12)13-5-7-15(8-6-13)17-10-9-16/h2-8,11H,9-10,16H2,1H3. The first-order valence-electron chi connectivity index (χ1n) is 5.79. The summed E-state index contributed by atoms with van der Waals surface area (Å²) in [6.07, 6.45) is 0. The lowest BCUT2D eigenvalue weighted by atomic mass is 10.0. The summed E-state index contributed by atoms with van der Waals surface area (Å²) in [7, 11) is 0. The van der Waals surface area contributed by atoms with Crippen LogP contribution >= 0.6 is 0 Å². The maximum atomic E-state index is 5.44. The van der Waals surface area contributed by atoms with Gasteiger partial charge < -0.3 is 10.5 Å². The van der Waals surface area contributed by atoms with Crippen LogP contribution in [0, 0.1) is 6.92 Å². The molecule has 2 heteroatoms. The molecule has 0 radical (unpaired) electrons. The maximum Gasteiger partial charge on any atom is 0.119 e. The third kappa shape index (κ3) is 3.08. The zero-order chi connectivity index (χ0) is 12.1. The van der Waals surface area contributed by atoms with Crippen molar-refractivity contribution in [3.8, 4) is 16.9 Å². The molecule has 0 atom stereocenters. The Balaban J connectivity index is 2.17. The van der Waals surface area contributed by atoms with Crippen LogP contribution in [-0.4, -0.2) is 13.2 Å². The average Bonchev–Trinajstić information content (AvgIpc) is 2.37. The second-order valence-corrected chi connectivity index (χ2v) is 4.03. The Hall–Kier alpha value is -1.80. The topological polar surface area (TPSA) is 35.2 Å². The molecule has 0 aromatic heterocycles. The van der Waals surface area contributed by atoms with E-state index in [0.717, 1.165) is 5.75 Å². The second-order valence-electron chi connectivity index (χ2n) is 4.03. The van der Waals surface area contributed by atoms with Crippen molar-refractivity contribution in [3.63, 3.8) is 0 Å². The van der Waals surface area contributed by atoms with Crippen molar-refractivity contribution in [3.05, 3.63) is 54.1 Å². The highest BCUT2D eigenvalue weighted by atomic mass is 16.5. The predicted molar refractivity (Wildman–Crippen MR) is 71.2 cm³/mol. The van der Waals surface area contributed by atoms with E-state index < -0.39 is 0 Å². The highest BCUT2D eigenvalue weighted by molar-refractivity contribution is 5.64. The number of rotatable bonds is 4. The Labute approximate surface area is 102 Å². The van der Waals surface area contributed by atoms with Crippen molar-refractivity contribution < 1.29 is 4.74 Å². The first kappa shape index (κ1) is 11.7. The number of benzene rings is 2. The fourth-order valence-corrected chi connectivity index (χ4v) is 1.75. The molecule has 0 heterocycles. The average molecular weight is 227 g/mol. The second kappa shape index (κ2) is 5.51. The van der Waals surface area contributed by atoms with Crippen molar-refractivity contribution in [2.24, 2.45) is 5.73 Å². The summed E-state index contributed by atoms with van der Waals surface area (Å²) in [5, 5.41) is 0. The highest BCUT2D eigenvalue weighted by Crippen LogP contribution is 2.23. The zero-order valence-corrected chi connectivity index (χ0v) is 10.0. The van der Waals surface area contributed by atoms with Gasteiger partial charge in [-0.1, -0.05) is 42.0 Å². The normalized spacial score (nSPS) is 10.2. The smallest absolute Gasteiger partial charge is 0.119 e. The fraction of sp³-hybridized carbons (Fsp3) is 0.200. The number of nitrogens with two attached hydrogens (primary N) is 1. The molecule has 2 nitrogen and oxygen atoms in total. The van der Waals surface area contributed by atoms with Crippen molar-refractivity contribution in [1.82, 2.24) is 0 Å². The van der Waals surface area contributed by atoms with E-state index in [4.69, 9.17) is 10.5 Å². The minimum atomic E-state index is 0.541. The fourth-order valence-electron chi connectivity index (χ4n) is 1.75. The monoisotopic (exact) mass is 227 g/mol. The molecule has 88 valence electrons. The molecule has 17 heavy (non-hydrogen) atoms. The van der Waals surface area contributed by atoms with Gasteiger partial charge in [0.05, 0.1) is 0 Å². The van der Waals surface area contributed by atoms with Gasteiger partial charge >= 0.3 is 0 Å². The quantitative estimate of drug-likeness (QED) is 0.871. The van der Waals surface area contributed by atoms with Crippen LogP contribution < -0.4 is 10.5 Å². The van der Waals surface area contributed by atoms with Crippen molar-refractivity contribution in [2.45, 2.75) is 6.92 Å². The molecule has 0 saturated carbocycles. The molecule has 0 saturated heterocycles. The summed E-state index contributed by atoms with van der Waals surface area (Å²) in [5.41, 5.74) is 9.09. The number of ether oxygens (including phenoxy) is 1. The third-order valence-electron chi connectivity index (χ3n) is 2.59. The van der Waals surface area contributed by atoms with Crippen molar-refractivity contribution in [2.75, 3.05) is 13.2 Å². The van der Waals surface area contributed by atoms with Crippen molar-refractivity contribution >= 4 is 0 Å². The van der Waals surface area contributed by atoms with Gasteiger partial charge in [0.1, 0.15) is 12.4 Å². The Kier molecular flexibility index (Phi) is 3.78. The summed E-state index contributed by atoms with van der Waals surface area (Å²) >= 11 is 0. The van der Waals surface area contributed by atoms with Crippen LogP contribution in [0.4, 0.5) is 0 Å². The van der Waals surface area contributed by atoms with Crippen LogP contribution in [0.3, 0.4) is 0 Å². The van der Waals surface area contributed by atoms with Gasteiger partial charge in [-0.25, -0.2) is 0 Å². The Morgan fingerprint density at radius 2 is 1.76 bits per heavy atom. The van der Waals surface area contributed by atoms with Gasteiger partial charge in [0.15, 0.2) is 0 Å². The van der Waals surface area contributed by atoms with E-state index in [0.29, 0.717) is 13.2 Å². The molecular formula is C15H17NO. The molecule has 0 aliphatic heterocycles. The maximum absolute atomic E-state index is 5.44. The van der Waals surface area contributed by atoms with Gasteiger partial charge in [-0.2, -0.15) is 0 Å². The van der Waals surface area contributed by atoms with E-state index in [1.165, 1.54) is 16.7 Å². The van der Waals surface area contributed by atoms with E-state index in [9.17, 15) is 0 Å². The summed E-state index contributed by atoms with van der Waals surface area (Å²) < 4.78 is 5.44. The van der Waals surface area contributed by atoms with E-state index in [1.807, 2.05) is 12.1 Å². The lowest BCUT2D eigenvalue weighted by molar-refractivity contribution is 0.328. The summed E-state index contributed by atoms with van der Waals surface area (Å²) in [6.45, 7) is 3.20. The van der Waals surface area contributed by atoms with E-state index >= 15 is 0 Å². The lowest BCUT2D eigenvalue weighted by Gasteiger charge is -2.06. The minimum Gasteiger partial charge on any atom is -0.492 e. The molecule has 0 unspecified atom stereocenters. The van der Waals surface area contributed by atoms with Gasteiger partial charge in [0.25, 0.3) is 0 Å². The largest absolute Gasteiger partial charge is 0.492 e. The van der Waals surface area contributed by atoms with E-state index in [1.54, 1.807) is 0 Å². The molecular weight excluding hydrogens is 210 g/mol. The first-order chi connectivity index (χ1) is 8.29. The molecule has 2 aromatic rings. The molecule has 0 amide bonds. The summed E-state index contributed by atoms with van der Waals surface area (Å²) in [5.74, 6) is 0.867. The van der Waals surface area contributed by atoms with Crippen molar-refractivity contribution in [1.29, 1.82) is 0 Å². The molecule has 2 rings (SSSR count). The van der Waals surface area contributed by atoms with Crippen LogP contribution in [0.1, 0.15) is 5.56 Å². The predicted octanol–water partition coefficient (Wildman–Crippen LogP) is 3.00. The van der Waals surface area contributed by atoms with Crippen LogP contribution in [0.15, 0.2) is 48.5 Å². The van der Waals surface area contributed by atoms with E-state index in [-0.39, 0.29) is 0 Å². The van der Waals surface area contributed by atoms with Crippen LogP contribution in [0.25, 0.3) is 11.1 Å². The van der Waals surface area contributed by atoms with Gasteiger partial charge in [0, 0.05) is 6.54 Å². The molecule has 0 spiro atoms. The SMILES string of the molecule is Cc1cccc(-c2ccc(OCCN)cc2)c1. The molecule has 0 aliphatic carbocycles. The Bertz CT molecular complexity index is 477. The third-order valence-corrected chi connectivity index (χ3v) is 2.59. The van der Waals surface area contributed by atoms with E-state index in [2.05, 4.69) is 43.3 Å².